The van der Waals surface area contributed by atoms with Gasteiger partial charge in [0.15, 0.2) is 5.82 Å². The van der Waals surface area contributed by atoms with Crippen LogP contribution < -0.4 is 14.5 Å². The Balaban J connectivity index is 1.70. The van der Waals surface area contributed by atoms with Gasteiger partial charge in [-0.15, -0.1) is 0 Å². The van der Waals surface area contributed by atoms with Crippen LogP contribution in [-0.4, -0.2) is 65.8 Å². The van der Waals surface area contributed by atoms with Gasteiger partial charge in [0.25, 0.3) is 0 Å². The molecular weight excluding hydrogens is 531 g/mol. The van der Waals surface area contributed by atoms with E-state index in [4.69, 9.17) is 21.1 Å². The van der Waals surface area contributed by atoms with Crippen LogP contribution in [0.4, 0.5) is 20.6 Å². The Morgan fingerprint density at radius 2 is 2.09 bits per heavy atom. The van der Waals surface area contributed by atoms with E-state index in [1.54, 1.807) is 11.0 Å². The van der Waals surface area contributed by atoms with Crippen LogP contribution in [-0.2, 0) is 9.53 Å². The highest BCUT2D eigenvalue weighted by Crippen LogP contribution is 2.52. The van der Waals surface area contributed by atoms with Gasteiger partial charge in [0.05, 0.1) is 34.3 Å². The summed E-state index contributed by atoms with van der Waals surface area (Å²) >= 11 is 9.52. The lowest BCUT2D eigenvalue weighted by molar-refractivity contribution is 0.0134. The maximum absolute atomic E-state index is 15.2. The van der Waals surface area contributed by atoms with Gasteiger partial charge in [-0.25, -0.2) is 19.0 Å². The summed E-state index contributed by atoms with van der Waals surface area (Å²) in [7, 11) is 0. The molecule has 1 aromatic carbocycles. The smallest absolute Gasteiger partial charge is 0.410 e. The predicted molar refractivity (Wildman–Crippen MR) is 130 cm³/mol. The summed E-state index contributed by atoms with van der Waals surface area (Å²) in [6.45, 7) is 8.60. The standard InChI is InChI=1S/C23H23BrClFN4O4/c1-11-8-30-14(9-29(11)22(32)34-23(2,3)4)15(10-31)28-5-6-33-21-20(28)19(30)12-7-13(25)16(24)17(26)18(12)27-21/h7,11,14H,5-6,8-9H2,1-4H3/t11-,14-/m1/s1. The molecular formula is C23H23BrClFN4O4. The molecule has 11 heteroatoms. The van der Waals surface area contributed by atoms with E-state index in [2.05, 4.69) is 26.9 Å². The highest BCUT2D eigenvalue weighted by molar-refractivity contribution is 9.10. The molecule has 0 N–H and O–H groups in total. The minimum atomic E-state index is -0.654. The first-order valence-electron chi connectivity index (χ1n) is 10.9. The lowest BCUT2D eigenvalue weighted by Gasteiger charge is -2.52. The molecule has 0 spiro atoms. The van der Waals surface area contributed by atoms with Crippen LogP contribution in [0, 0.1) is 5.82 Å². The van der Waals surface area contributed by atoms with E-state index >= 15 is 4.39 Å². The summed E-state index contributed by atoms with van der Waals surface area (Å²) in [5, 5.41) is 0.716. The number of nitrogens with zero attached hydrogens (tertiary/aromatic N) is 4. The van der Waals surface area contributed by atoms with Crippen molar-refractivity contribution in [1.82, 2.24) is 9.88 Å². The number of ether oxygens (including phenoxy) is 2. The SMILES string of the molecule is C[C@@H]1CN2c3c4c(nc5c(F)c(Br)c(Cl)cc35)OCCN4C(=C=O)[C@H]2CN1C(=O)OC(C)(C)C. The van der Waals surface area contributed by atoms with E-state index in [-0.39, 0.29) is 40.1 Å². The van der Waals surface area contributed by atoms with E-state index in [1.807, 2.05) is 37.5 Å². The average molecular weight is 554 g/mol. The Labute approximate surface area is 209 Å². The zero-order chi connectivity index (χ0) is 24.5. The largest absolute Gasteiger partial charge is 0.474 e. The van der Waals surface area contributed by atoms with Crippen molar-refractivity contribution >= 4 is 61.8 Å². The number of rotatable bonds is 0. The molecule has 34 heavy (non-hydrogen) atoms. The second kappa shape index (κ2) is 8.00. The van der Waals surface area contributed by atoms with Gasteiger partial charge in [-0.2, -0.15) is 0 Å². The topological polar surface area (TPSA) is 75.2 Å². The van der Waals surface area contributed by atoms with Crippen molar-refractivity contribution < 1.29 is 23.5 Å². The summed E-state index contributed by atoms with van der Waals surface area (Å²) in [4.78, 5) is 35.1. The molecule has 3 aliphatic rings. The maximum atomic E-state index is 15.2. The third-order valence-corrected chi connectivity index (χ3v) is 7.52. The minimum absolute atomic E-state index is 0.117. The number of carbonyl (C=O) groups excluding carboxylic acids is 2. The Morgan fingerprint density at radius 1 is 1.35 bits per heavy atom. The van der Waals surface area contributed by atoms with E-state index in [1.165, 1.54) is 0 Å². The van der Waals surface area contributed by atoms with Crippen LogP contribution in [0.1, 0.15) is 27.7 Å². The van der Waals surface area contributed by atoms with Gasteiger partial charge in [0, 0.05) is 18.0 Å². The van der Waals surface area contributed by atoms with Crippen LogP contribution in [0.2, 0.25) is 5.02 Å². The predicted octanol–water partition coefficient (Wildman–Crippen LogP) is 4.53. The van der Waals surface area contributed by atoms with E-state index in [0.29, 0.717) is 35.5 Å². The zero-order valence-electron chi connectivity index (χ0n) is 19.1. The molecule has 3 aliphatic heterocycles. The van der Waals surface area contributed by atoms with Crippen molar-refractivity contribution in [2.24, 2.45) is 0 Å². The number of amides is 1. The van der Waals surface area contributed by atoms with Crippen LogP contribution in [0.25, 0.3) is 10.9 Å². The fourth-order valence-electron chi connectivity index (χ4n) is 4.81. The fraction of sp³-hybridized carbons (Fsp3) is 0.478. The van der Waals surface area contributed by atoms with Crippen LogP contribution >= 0.6 is 27.5 Å². The Hall–Kier alpha value is -2.55. The van der Waals surface area contributed by atoms with Crippen molar-refractivity contribution in [3.63, 3.8) is 0 Å². The number of fused-ring (bicyclic) bond motifs is 4. The molecule has 1 saturated heterocycles. The molecule has 0 unspecified atom stereocenters. The first-order valence-corrected chi connectivity index (χ1v) is 12.1. The summed E-state index contributed by atoms with van der Waals surface area (Å²) < 4.78 is 26.7. The molecule has 2 aromatic rings. The van der Waals surface area contributed by atoms with Crippen LogP contribution in [0.15, 0.2) is 16.2 Å². The van der Waals surface area contributed by atoms with Crippen LogP contribution in [0.3, 0.4) is 0 Å². The molecule has 0 radical (unpaired) electrons. The summed E-state index contributed by atoms with van der Waals surface area (Å²) in [6.07, 6.45) is -0.448. The van der Waals surface area contributed by atoms with Gasteiger partial charge in [-0.05, 0) is 49.7 Å². The Kier molecular flexibility index (Phi) is 5.46. The third kappa shape index (κ3) is 3.51. The van der Waals surface area contributed by atoms with E-state index in [0.717, 1.165) is 0 Å². The number of hydrogen-bond acceptors (Lipinski definition) is 7. The number of anilines is 2. The summed E-state index contributed by atoms with van der Waals surface area (Å²) in [5.74, 6) is 1.75. The fourth-order valence-corrected chi connectivity index (χ4v) is 5.31. The van der Waals surface area contributed by atoms with E-state index < -0.39 is 23.6 Å². The molecule has 1 fully saturated rings. The van der Waals surface area contributed by atoms with Crippen molar-refractivity contribution in [1.29, 1.82) is 0 Å². The number of hydrogen-bond donors (Lipinski definition) is 0. The highest BCUT2D eigenvalue weighted by atomic mass is 79.9. The molecule has 0 bridgehead atoms. The molecule has 0 saturated carbocycles. The zero-order valence-corrected chi connectivity index (χ0v) is 21.5. The van der Waals surface area contributed by atoms with Gasteiger partial charge in [-0.1, -0.05) is 11.6 Å². The highest BCUT2D eigenvalue weighted by Gasteiger charge is 2.47. The quantitative estimate of drug-likeness (QED) is 0.350. The molecule has 0 aliphatic carbocycles. The lowest BCUT2D eigenvalue weighted by atomic mass is 9.96. The number of halogens is 3. The van der Waals surface area contributed by atoms with Gasteiger partial charge >= 0.3 is 6.09 Å². The van der Waals surface area contributed by atoms with Crippen molar-refractivity contribution in [3.8, 4) is 5.88 Å². The van der Waals surface area contributed by atoms with Gasteiger partial charge < -0.3 is 24.2 Å². The molecule has 1 amide bonds. The van der Waals surface area contributed by atoms with Crippen LogP contribution in [0.5, 0.6) is 5.88 Å². The molecule has 8 nitrogen and oxygen atoms in total. The second-order valence-corrected chi connectivity index (χ2v) is 10.8. The number of pyridine rings is 1. The molecule has 5 rings (SSSR count). The minimum Gasteiger partial charge on any atom is -0.474 e. The normalized spacial score (nSPS) is 21.6. The summed E-state index contributed by atoms with van der Waals surface area (Å²) in [5.41, 5.74) is 1.10. The molecule has 180 valence electrons. The maximum Gasteiger partial charge on any atom is 0.410 e. The first kappa shape index (κ1) is 23.2. The van der Waals surface area contributed by atoms with Crippen molar-refractivity contribution in [2.45, 2.75) is 45.4 Å². The Morgan fingerprint density at radius 3 is 2.76 bits per heavy atom. The third-order valence-electron chi connectivity index (χ3n) is 6.22. The average Bonchev–Trinajstić information content (AvgIpc) is 2.76. The van der Waals surface area contributed by atoms with Gasteiger partial charge in [-0.3, -0.25) is 0 Å². The number of carbonyl (C=O) groups is 1. The molecule has 4 heterocycles. The Bertz CT molecular complexity index is 1280. The second-order valence-electron chi connectivity index (χ2n) is 9.63. The van der Waals surface area contributed by atoms with Gasteiger partial charge in [0.2, 0.25) is 5.88 Å². The summed E-state index contributed by atoms with van der Waals surface area (Å²) in [6, 6.07) is 0.914. The number of benzene rings is 1. The number of aromatic nitrogens is 1. The monoisotopic (exact) mass is 552 g/mol. The first-order chi connectivity index (χ1) is 16.0. The van der Waals surface area contributed by atoms with Crippen molar-refractivity contribution in [3.05, 3.63) is 27.1 Å². The lowest BCUT2D eigenvalue weighted by Crippen LogP contribution is -2.64. The number of piperazine rings is 1. The van der Waals surface area contributed by atoms with E-state index in [9.17, 15) is 9.59 Å². The molecule has 2 atom stereocenters. The van der Waals surface area contributed by atoms with Gasteiger partial charge in [0.1, 0.15) is 35.1 Å². The molecule has 1 aromatic heterocycles. The van der Waals surface area contributed by atoms with Crippen molar-refractivity contribution in [2.75, 3.05) is 36.0 Å².